The van der Waals surface area contributed by atoms with Crippen molar-refractivity contribution in [3.63, 3.8) is 0 Å². The van der Waals surface area contributed by atoms with Crippen molar-refractivity contribution >= 4 is 11.8 Å². The van der Waals surface area contributed by atoms with Gasteiger partial charge in [0.15, 0.2) is 0 Å². The molecule has 1 heterocycles. The maximum Gasteiger partial charge on any atom is 0.243 e. The molecule has 1 aliphatic heterocycles. The maximum absolute atomic E-state index is 13.3. The topological polar surface area (TPSA) is 49.4 Å². The molecule has 1 saturated heterocycles. The number of amides is 2. The first-order chi connectivity index (χ1) is 12.4. The Hall–Kier alpha value is -1.84. The Kier molecular flexibility index (Phi) is 5.69. The molecule has 2 amide bonds. The minimum absolute atomic E-state index is 0.0286. The van der Waals surface area contributed by atoms with E-state index in [0.717, 1.165) is 19.3 Å². The summed E-state index contributed by atoms with van der Waals surface area (Å²) in [6.45, 7) is 9.19. The highest BCUT2D eigenvalue weighted by Gasteiger charge is 2.49. The van der Waals surface area contributed by atoms with Crippen LogP contribution in [-0.2, 0) is 9.59 Å². The van der Waals surface area contributed by atoms with Gasteiger partial charge in [-0.25, -0.2) is 0 Å². The molecule has 0 bridgehead atoms. The summed E-state index contributed by atoms with van der Waals surface area (Å²) >= 11 is 0. The van der Waals surface area contributed by atoms with E-state index < -0.39 is 0 Å². The molecule has 0 spiro atoms. The Morgan fingerprint density at radius 3 is 2.38 bits per heavy atom. The zero-order chi connectivity index (χ0) is 18.8. The van der Waals surface area contributed by atoms with Gasteiger partial charge in [0, 0.05) is 18.5 Å². The molecule has 3 rings (SSSR count). The zero-order valence-electron chi connectivity index (χ0n) is 16.4. The molecular formula is C22H32N2O2. The zero-order valence-corrected chi connectivity index (χ0v) is 16.4. The third-order valence-corrected chi connectivity index (χ3v) is 5.51. The van der Waals surface area contributed by atoms with Crippen molar-refractivity contribution in [3.05, 3.63) is 35.9 Å². The van der Waals surface area contributed by atoms with Gasteiger partial charge in [-0.15, -0.1) is 0 Å². The van der Waals surface area contributed by atoms with Crippen LogP contribution in [0.25, 0.3) is 0 Å². The average Bonchev–Trinajstić information content (AvgIpc) is 3.37. The van der Waals surface area contributed by atoms with Crippen LogP contribution in [0.3, 0.4) is 0 Å². The van der Waals surface area contributed by atoms with Crippen LogP contribution >= 0.6 is 0 Å². The van der Waals surface area contributed by atoms with Gasteiger partial charge in [0.2, 0.25) is 11.8 Å². The lowest BCUT2D eigenvalue weighted by molar-refractivity contribution is -0.146. The summed E-state index contributed by atoms with van der Waals surface area (Å²) in [7, 11) is 0. The first kappa shape index (κ1) is 18.9. The molecule has 1 saturated carbocycles. The summed E-state index contributed by atoms with van der Waals surface area (Å²) in [4.78, 5) is 27.9. The van der Waals surface area contributed by atoms with Crippen LogP contribution < -0.4 is 5.32 Å². The van der Waals surface area contributed by atoms with Gasteiger partial charge in [-0.3, -0.25) is 9.59 Å². The number of benzene rings is 1. The number of piperazine rings is 1. The van der Waals surface area contributed by atoms with Gasteiger partial charge < -0.3 is 10.2 Å². The van der Waals surface area contributed by atoms with Crippen molar-refractivity contribution in [1.29, 1.82) is 0 Å². The second kappa shape index (κ2) is 7.81. The number of rotatable bonds is 6. The molecule has 1 aromatic rings. The fourth-order valence-electron chi connectivity index (χ4n) is 4.23. The summed E-state index contributed by atoms with van der Waals surface area (Å²) in [6.07, 6.45) is 2.55. The summed E-state index contributed by atoms with van der Waals surface area (Å²) in [5, 5.41) is 3.16. The van der Waals surface area contributed by atoms with Crippen molar-refractivity contribution in [2.24, 2.45) is 17.8 Å². The number of hydrogen-bond donors (Lipinski definition) is 1. The van der Waals surface area contributed by atoms with Gasteiger partial charge in [0.05, 0.1) is 0 Å². The second-order valence-corrected chi connectivity index (χ2v) is 8.83. The average molecular weight is 357 g/mol. The first-order valence-electron chi connectivity index (χ1n) is 10.0. The lowest BCUT2D eigenvalue weighted by Gasteiger charge is -2.41. The van der Waals surface area contributed by atoms with Gasteiger partial charge >= 0.3 is 0 Å². The summed E-state index contributed by atoms with van der Waals surface area (Å²) < 4.78 is 0. The number of nitrogens with zero attached hydrogens (tertiary/aromatic N) is 1. The Bertz CT molecular complexity index is 641. The highest BCUT2D eigenvalue weighted by molar-refractivity contribution is 5.91. The van der Waals surface area contributed by atoms with Gasteiger partial charge in [-0.1, -0.05) is 58.0 Å². The minimum atomic E-state index is -0.317. The van der Waals surface area contributed by atoms with Crippen LogP contribution in [0.15, 0.2) is 30.3 Å². The van der Waals surface area contributed by atoms with E-state index in [1.54, 1.807) is 0 Å². The molecule has 4 heteroatoms. The molecule has 4 nitrogen and oxygen atoms in total. The first-order valence-corrected chi connectivity index (χ1v) is 10.0. The number of nitrogens with one attached hydrogen (secondary N) is 1. The van der Waals surface area contributed by atoms with Crippen LogP contribution in [-0.4, -0.2) is 35.3 Å². The van der Waals surface area contributed by atoms with Crippen molar-refractivity contribution < 1.29 is 9.59 Å². The molecule has 26 heavy (non-hydrogen) atoms. The summed E-state index contributed by atoms with van der Waals surface area (Å²) in [6, 6.07) is 10.0. The smallest absolute Gasteiger partial charge is 0.243 e. The van der Waals surface area contributed by atoms with Crippen molar-refractivity contribution in [3.8, 4) is 0 Å². The SMILES string of the molecule is CC(C)C[C@H]1CN(C(=O)[C@@H]2C[C@H]2c2ccccc2)[C@H](CC(C)C)C(=O)N1. The van der Waals surface area contributed by atoms with Gasteiger partial charge in [0.1, 0.15) is 6.04 Å². The molecule has 1 aromatic carbocycles. The molecule has 0 radical (unpaired) electrons. The number of carbonyl (C=O) groups is 2. The Balaban J connectivity index is 1.74. The standard InChI is InChI=1S/C22H32N2O2/c1-14(2)10-17-13-24(20(11-15(3)4)21(25)23-17)22(26)19-12-18(19)16-8-6-5-7-9-16/h5-9,14-15,17-20H,10-13H2,1-4H3,(H,23,25)/t17-,18-,19+,20+/m0/s1. The largest absolute Gasteiger partial charge is 0.350 e. The second-order valence-electron chi connectivity index (χ2n) is 8.83. The number of carbonyl (C=O) groups excluding carboxylic acids is 2. The molecule has 0 unspecified atom stereocenters. The third-order valence-electron chi connectivity index (χ3n) is 5.51. The lowest BCUT2D eigenvalue weighted by Crippen LogP contribution is -2.62. The molecule has 1 N–H and O–H groups in total. The van der Waals surface area contributed by atoms with Crippen molar-refractivity contribution in [2.75, 3.05) is 6.54 Å². The predicted molar refractivity (Wildman–Crippen MR) is 104 cm³/mol. The molecule has 2 fully saturated rings. The van der Waals surface area contributed by atoms with Crippen molar-refractivity contribution in [1.82, 2.24) is 10.2 Å². The van der Waals surface area contributed by atoms with Crippen LogP contribution in [0.2, 0.25) is 0 Å². The van der Waals surface area contributed by atoms with E-state index >= 15 is 0 Å². The molecule has 0 aromatic heterocycles. The van der Waals surface area contributed by atoms with Crippen LogP contribution in [0, 0.1) is 17.8 Å². The van der Waals surface area contributed by atoms with E-state index in [0.29, 0.717) is 24.3 Å². The molecular weight excluding hydrogens is 324 g/mol. The van der Waals surface area contributed by atoms with E-state index in [1.165, 1.54) is 5.56 Å². The van der Waals surface area contributed by atoms with Gasteiger partial charge in [-0.05, 0) is 42.6 Å². The minimum Gasteiger partial charge on any atom is -0.350 e. The van der Waals surface area contributed by atoms with E-state index in [4.69, 9.17) is 0 Å². The lowest BCUT2D eigenvalue weighted by atomic mass is 9.94. The predicted octanol–water partition coefficient (Wildman–Crippen LogP) is 3.58. The molecule has 142 valence electrons. The maximum atomic E-state index is 13.3. The monoisotopic (exact) mass is 356 g/mol. The fraction of sp³-hybridized carbons (Fsp3) is 0.636. The van der Waals surface area contributed by atoms with E-state index in [-0.39, 0.29) is 29.8 Å². The normalized spacial score (nSPS) is 28.4. The highest BCUT2D eigenvalue weighted by atomic mass is 16.2. The fourth-order valence-corrected chi connectivity index (χ4v) is 4.23. The summed E-state index contributed by atoms with van der Waals surface area (Å²) in [5.41, 5.74) is 1.24. The van der Waals surface area contributed by atoms with E-state index in [9.17, 15) is 9.59 Å². The Morgan fingerprint density at radius 2 is 1.77 bits per heavy atom. The Labute approximate surface area is 157 Å². The third kappa shape index (κ3) is 4.28. The van der Waals surface area contributed by atoms with Crippen LogP contribution in [0.4, 0.5) is 0 Å². The van der Waals surface area contributed by atoms with Crippen LogP contribution in [0.1, 0.15) is 58.4 Å². The highest BCUT2D eigenvalue weighted by Crippen LogP contribution is 2.48. The Morgan fingerprint density at radius 1 is 1.12 bits per heavy atom. The molecule has 1 aliphatic carbocycles. The van der Waals surface area contributed by atoms with Crippen molar-refractivity contribution in [2.45, 2.75) is 65.0 Å². The quantitative estimate of drug-likeness (QED) is 0.847. The molecule has 2 aliphatic rings. The molecule has 4 atom stereocenters. The summed E-state index contributed by atoms with van der Waals surface area (Å²) in [5.74, 6) is 1.44. The van der Waals surface area contributed by atoms with Gasteiger partial charge in [0.25, 0.3) is 0 Å². The van der Waals surface area contributed by atoms with Gasteiger partial charge in [-0.2, -0.15) is 0 Å². The van der Waals surface area contributed by atoms with E-state index in [2.05, 4.69) is 45.1 Å². The van der Waals surface area contributed by atoms with E-state index in [1.807, 2.05) is 23.1 Å². The van der Waals surface area contributed by atoms with Crippen LogP contribution in [0.5, 0.6) is 0 Å². The number of hydrogen-bond acceptors (Lipinski definition) is 2.